The molecule has 2 aromatic carbocycles. The molecule has 1 fully saturated rings. The highest BCUT2D eigenvalue weighted by molar-refractivity contribution is 7.94. The van der Waals surface area contributed by atoms with E-state index >= 15 is 0 Å². The molecule has 0 atom stereocenters. The molecule has 5 rings (SSSR count). The van der Waals surface area contributed by atoms with Gasteiger partial charge in [-0.1, -0.05) is 42.5 Å². The fraction of sp³-hybridized carbons (Fsp3) is 0.333. The number of fused-ring (bicyclic) bond motifs is 1. The van der Waals surface area contributed by atoms with Gasteiger partial charge in [-0.05, 0) is 49.2 Å². The van der Waals surface area contributed by atoms with Crippen LogP contribution in [0, 0.1) is 0 Å². The summed E-state index contributed by atoms with van der Waals surface area (Å²) in [6, 6.07) is 16.5. The van der Waals surface area contributed by atoms with E-state index in [1.807, 2.05) is 30.3 Å². The largest absolute Gasteiger partial charge is 0.347 e. The first-order valence-corrected chi connectivity index (χ1v) is 13.9. The number of carbonyl (C=O) groups excluding carboxylic acids is 2. The van der Waals surface area contributed by atoms with E-state index in [9.17, 15) is 18.0 Å². The number of aromatic nitrogens is 2. The Bertz CT molecular complexity index is 1480. The van der Waals surface area contributed by atoms with Gasteiger partial charge >= 0.3 is 0 Å². The van der Waals surface area contributed by atoms with Crippen molar-refractivity contribution in [1.29, 1.82) is 0 Å². The van der Waals surface area contributed by atoms with Gasteiger partial charge in [0.15, 0.2) is 5.69 Å². The molecule has 38 heavy (non-hydrogen) atoms. The first kappa shape index (κ1) is 25.7. The first-order chi connectivity index (χ1) is 18.2. The Balaban J connectivity index is 1.27. The zero-order chi connectivity index (χ0) is 26.9. The molecular weight excluding hydrogens is 504 g/mol. The number of nitrogens with zero attached hydrogens (tertiary/aromatic N) is 4. The Kier molecular flexibility index (Phi) is 6.78. The number of rotatable bonds is 10. The summed E-state index contributed by atoms with van der Waals surface area (Å²) < 4.78 is 29.4. The molecule has 0 spiro atoms. The highest BCUT2D eigenvalue weighted by Gasteiger charge is 2.56. The van der Waals surface area contributed by atoms with E-state index in [1.165, 1.54) is 4.68 Å². The number of carbonyl (C=O) groups is 2. The third-order valence-electron chi connectivity index (χ3n) is 7.14. The highest BCUT2D eigenvalue weighted by atomic mass is 32.2. The molecule has 2 aliphatic rings. The summed E-state index contributed by atoms with van der Waals surface area (Å²) in [5.41, 5.74) is 3.60. The second-order valence-electron chi connectivity index (χ2n) is 9.81. The van der Waals surface area contributed by atoms with E-state index in [2.05, 4.69) is 26.8 Å². The van der Waals surface area contributed by atoms with Crippen molar-refractivity contribution in [3.8, 4) is 0 Å². The van der Waals surface area contributed by atoms with Crippen LogP contribution in [0.5, 0.6) is 0 Å². The van der Waals surface area contributed by atoms with E-state index in [1.54, 1.807) is 36.2 Å². The smallest absolute Gasteiger partial charge is 0.272 e. The molecule has 3 aromatic rings. The average molecular weight is 535 g/mol. The molecule has 1 aliphatic heterocycles. The van der Waals surface area contributed by atoms with Crippen LogP contribution in [0.3, 0.4) is 0 Å². The van der Waals surface area contributed by atoms with Gasteiger partial charge in [0, 0.05) is 37.9 Å². The number of benzene rings is 2. The Hall–Kier alpha value is -3.99. The van der Waals surface area contributed by atoms with Crippen LogP contribution in [0.4, 0.5) is 5.69 Å². The molecule has 0 radical (unpaired) electrons. The normalized spacial score (nSPS) is 16.0. The molecule has 1 saturated carbocycles. The fourth-order valence-corrected chi connectivity index (χ4v) is 6.46. The van der Waals surface area contributed by atoms with Gasteiger partial charge in [-0.3, -0.25) is 24.0 Å². The van der Waals surface area contributed by atoms with Crippen LogP contribution in [-0.4, -0.2) is 59.5 Å². The summed E-state index contributed by atoms with van der Waals surface area (Å²) >= 11 is 0. The molecule has 1 aromatic heterocycles. The van der Waals surface area contributed by atoms with Gasteiger partial charge in [0.25, 0.3) is 11.8 Å². The van der Waals surface area contributed by atoms with E-state index in [4.69, 9.17) is 0 Å². The van der Waals surface area contributed by atoms with Crippen molar-refractivity contribution in [3.05, 3.63) is 82.7 Å². The Labute approximate surface area is 221 Å². The monoisotopic (exact) mass is 534 g/mol. The molecule has 2 heterocycles. The second kappa shape index (κ2) is 10.1. The maximum absolute atomic E-state index is 13.4. The number of hydrogen-bond donors (Lipinski definition) is 2. The van der Waals surface area contributed by atoms with Gasteiger partial charge in [-0.2, -0.15) is 5.10 Å². The third kappa shape index (κ3) is 4.93. The number of amides is 2. The molecule has 0 unspecified atom stereocenters. The fourth-order valence-electron chi connectivity index (χ4n) is 4.83. The van der Waals surface area contributed by atoms with Crippen LogP contribution in [0.25, 0.3) is 0 Å². The van der Waals surface area contributed by atoms with Crippen molar-refractivity contribution in [3.63, 3.8) is 0 Å². The molecule has 11 heteroatoms. The van der Waals surface area contributed by atoms with E-state index in [-0.39, 0.29) is 24.1 Å². The molecule has 0 bridgehead atoms. The zero-order valence-corrected chi connectivity index (χ0v) is 22.0. The summed E-state index contributed by atoms with van der Waals surface area (Å²) in [6.07, 6.45) is 1.38. The zero-order valence-electron chi connectivity index (χ0n) is 21.2. The predicted molar refractivity (Wildman–Crippen MR) is 145 cm³/mol. The number of hydrogen-bond acceptors (Lipinski definition) is 6. The third-order valence-corrected chi connectivity index (χ3v) is 9.32. The predicted octanol–water partition coefficient (Wildman–Crippen LogP) is 2.52. The van der Waals surface area contributed by atoms with Crippen LogP contribution in [0.2, 0.25) is 0 Å². The number of aliphatic imine (C=N–C) groups is 1. The summed E-state index contributed by atoms with van der Waals surface area (Å²) in [7, 11) is -2.07. The van der Waals surface area contributed by atoms with Gasteiger partial charge in [0.1, 0.15) is 10.4 Å². The van der Waals surface area contributed by atoms with Crippen LogP contribution >= 0.6 is 0 Å². The molecule has 2 N–H and O–H groups in total. The van der Waals surface area contributed by atoms with E-state index in [0.29, 0.717) is 55.8 Å². The quantitative estimate of drug-likeness (QED) is 0.387. The maximum atomic E-state index is 13.4. The number of nitrogens with one attached hydrogen (secondary N) is 2. The van der Waals surface area contributed by atoms with Crippen molar-refractivity contribution in [2.45, 2.75) is 37.1 Å². The number of aryl methyl sites for hydroxylation is 1. The first-order valence-electron chi connectivity index (χ1n) is 12.4. The Morgan fingerprint density at radius 1 is 1.11 bits per heavy atom. The van der Waals surface area contributed by atoms with Crippen LogP contribution in [0.1, 0.15) is 50.5 Å². The van der Waals surface area contributed by atoms with E-state index in [0.717, 1.165) is 11.1 Å². The SMILES string of the molecule is C=NCc1ccc(CNC(=O)c2nn(C)c3c2CCN(CC2(S(=O)(=O)Nc4ccccc4)CC2)C3=O)cc1. The second-order valence-corrected chi connectivity index (χ2v) is 11.9. The Morgan fingerprint density at radius 2 is 1.79 bits per heavy atom. The van der Waals surface area contributed by atoms with Crippen molar-refractivity contribution < 1.29 is 18.0 Å². The van der Waals surface area contributed by atoms with Gasteiger partial charge in [0.2, 0.25) is 10.0 Å². The van der Waals surface area contributed by atoms with Gasteiger partial charge in [0.05, 0.1) is 6.54 Å². The molecule has 10 nitrogen and oxygen atoms in total. The maximum Gasteiger partial charge on any atom is 0.272 e. The standard InChI is InChI=1S/C27H30N6O4S/c1-28-16-19-8-10-20(11-9-19)17-29-25(34)23-22-12-15-33(26(35)24(22)32(2)30-23)18-27(13-14-27)38(36,37)31-21-6-4-3-5-7-21/h3-11,31H,1,12-18H2,2H3,(H,29,34). The van der Waals surface area contributed by atoms with Crippen LogP contribution in [0.15, 0.2) is 59.6 Å². The van der Waals surface area contributed by atoms with Crippen LogP contribution < -0.4 is 10.0 Å². The average Bonchev–Trinajstić information content (AvgIpc) is 3.62. The minimum atomic E-state index is -3.70. The minimum absolute atomic E-state index is 0.0948. The summed E-state index contributed by atoms with van der Waals surface area (Å²) in [4.78, 5) is 31.9. The number of para-hydroxylation sites is 1. The molecule has 198 valence electrons. The van der Waals surface area contributed by atoms with Gasteiger partial charge in [-0.15, -0.1) is 0 Å². The van der Waals surface area contributed by atoms with Crippen molar-refractivity contribution in [2.24, 2.45) is 12.0 Å². The van der Waals surface area contributed by atoms with Crippen molar-refractivity contribution in [1.82, 2.24) is 20.0 Å². The minimum Gasteiger partial charge on any atom is -0.347 e. The highest BCUT2D eigenvalue weighted by Crippen LogP contribution is 2.45. The Morgan fingerprint density at radius 3 is 2.45 bits per heavy atom. The summed E-state index contributed by atoms with van der Waals surface area (Å²) in [6.45, 7) is 4.76. The van der Waals surface area contributed by atoms with Crippen LogP contribution in [-0.2, 0) is 36.6 Å². The lowest BCUT2D eigenvalue weighted by atomic mass is 10.0. The lowest BCUT2D eigenvalue weighted by Gasteiger charge is -2.31. The van der Waals surface area contributed by atoms with Gasteiger partial charge < -0.3 is 10.2 Å². The molecule has 1 aliphatic carbocycles. The summed E-state index contributed by atoms with van der Waals surface area (Å²) in [5.74, 6) is -0.666. The van der Waals surface area contributed by atoms with Crippen molar-refractivity contribution in [2.75, 3.05) is 17.8 Å². The van der Waals surface area contributed by atoms with E-state index < -0.39 is 14.8 Å². The number of anilines is 1. The molecular formula is C27H30N6O4S. The molecule has 2 amide bonds. The summed E-state index contributed by atoms with van der Waals surface area (Å²) in [5, 5.41) is 7.24. The number of sulfonamides is 1. The van der Waals surface area contributed by atoms with Gasteiger partial charge in [-0.25, -0.2) is 8.42 Å². The lowest BCUT2D eigenvalue weighted by molar-refractivity contribution is 0.0724. The van der Waals surface area contributed by atoms with Crippen molar-refractivity contribution >= 4 is 34.2 Å². The molecule has 0 saturated heterocycles. The lowest BCUT2D eigenvalue weighted by Crippen LogP contribution is -2.47. The topological polar surface area (TPSA) is 126 Å².